The van der Waals surface area contributed by atoms with Crippen LogP contribution >= 0.6 is 15.9 Å². The number of nitro groups is 1. The van der Waals surface area contributed by atoms with Crippen LogP contribution in [-0.4, -0.2) is 31.4 Å². The molecule has 1 fully saturated rings. The molecule has 1 aromatic carbocycles. The number of nitrogens with zero attached hydrogens (tertiary/aromatic N) is 1. The van der Waals surface area contributed by atoms with Gasteiger partial charge >= 0.3 is 0 Å². The summed E-state index contributed by atoms with van der Waals surface area (Å²) in [6, 6.07) is 4.88. The molecule has 1 aliphatic rings. The minimum atomic E-state index is -2.86. The molecule has 0 saturated carbocycles. The molecule has 110 valence electrons. The highest BCUT2D eigenvalue weighted by Gasteiger charge is 2.27. The van der Waals surface area contributed by atoms with Crippen LogP contribution in [0.15, 0.2) is 22.7 Å². The molecule has 6 nitrogen and oxygen atoms in total. The Labute approximate surface area is 125 Å². The average Bonchev–Trinajstić information content (AvgIpc) is 2.71. The molecule has 0 bridgehead atoms. The van der Waals surface area contributed by atoms with Crippen LogP contribution in [0.4, 0.5) is 5.69 Å². The summed E-state index contributed by atoms with van der Waals surface area (Å²) in [5, 5.41) is 14.0. The molecule has 1 saturated heterocycles. The number of rotatable bonds is 5. The molecular weight excluding hydrogens is 348 g/mol. The molecule has 1 heterocycles. The topological polar surface area (TPSA) is 89.3 Å². The lowest BCUT2D eigenvalue weighted by molar-refractivity contribution is -0.385. The van der Waals surface area contributed by atoms with Gasteiger partial charge < -0.3 is 5.32 Å². The lowest BCUT2D eigenvalue weighted by Gasteiger charge is -2.10. The van der Waals surface area contributed by atoms with E-state index in [2.05, 4.69) is 21.2 Å². The Hall–Kier alpha value is -0.990. The number of nitrogens with one attached hydrogen (secondary N) is 1. The zero-order valence-corrected chi connectivity index (χ0v) is 13.1. The Morgan fingerprint density at radius 1 is 1.45 bits per heavy atom. The molecule has 0 spiro atoms. The average molecular weight is 363 g/mol. The first-order valence-corrected chi connectivity index (χ1v) is 8.83. The zero-order valence-electron chi connectivity index (χ0n) is 10.7. The van der Waals surface area contributed by atoms with E-state index in [4.69, 9.17) is 0 Å². The van der Waals surface area contributed by atoms with Crippen molar-refractivity contribution in [3.8, 4) is 0 Å². The van der Waals surface area contributed by atoms with Crippen molar-refractivity contribution in [2.24, 2.45) is 5.92 Å². The van der Waals surface area contributed by atoms with Gasteiger partial charge in [-0.1, -0.05) is 12.1 Å². The van der Waals surface area contributed by atoms with Gasteiger partial charge in [-0.2, -0.15) is 0 Å². The Morgan fingerprint density at radius 2 is 2.20 bits per heavy atom. The van der Waals surface area contributed by atoms with E-state index in [1.165, 1.54) is 6.07 Å². The molecule has 1 N–H and O–H groups in total. The minimum absolute atomic E-state index is 0.0349. The fourth-order valence-corrected chi connectivity index (χ4v) is 4.70. The van der Waals surface area contributed by atoms with E-state index in [9.17, 15) is 18.5 Å². The van der Waals surface area contributed by atoms with E-state index < -0.39 is 14.8 Å². The number of sulfone groups is 1. The van der Waals surface area contributed by atoms with Crippen LogP contribution in [0.2, 0.25) is 0 Å². The zero-order chi connectivity index (χ0) is 14.8. The maximum atomic E-state index is 11.3. The van der Waals surface area contributed by atoms with E-state index in [0.717, 1.165) is 5.56 Å². The van der Waals surface area contributed by atoms with Crippen molar-refractivity contribution < 1.29 is 13.3 Å². The van der Waals surface area contributed by atoms with Crippen molar-refractivity contribution in [1.29, 1.82) is 0 Å². The van der Waals surface area contributed by atoms with Crippen LogP contribution in [0.5, 0.6) is 0 Å². The van der Waals surface area contributed by atoms with E-state index >= 15 is 0 Å². The molecule has 1 unspecified atom stereocenters. The summed E-state index contributed by atoms with van der Waals surface area (Å²) in [4.78, 5) is 10.4. The monoisotopic (exact) mass is 362 g/mol. The van der Waals surface area contributed by atoms with Crippen LogP contribution in [0.1, 0.15) is 12.0 Å². The van der Waals surface area contributed by atoms with Crippen LogP contribution in [0.25, 0.3) is 0 Å². The van der Waals surface area contributed by atoms with E-state index in [-0.39, 0.29) is 23.1 Å². The van der Waals surface area contributed by atoms with Gasteiger partial charge in [0.15, 0.2) is 9.84 Å². The van der Waals surface area contributed by atoms with Crippen molar-refractivity contribution in [1.82, 2.24) is 5.32 Å². The van der Waals surface area contributed by atoms with Gasteiger partial charge in [0.25, 0.3) is 5.69 Å². The van der Waals surface area contributed by atoms with Crippen molar-refractivity contribution in [2.75, 3.05) is 18.1 Å². The standard InChI is InChI=1S/C12H15BrN2O4S/c13-12-10(2-1-3-11(12)15(16)17)7-14-6-9-4-5-20(18,19)8-9/h1-3,9,14H,4-8H2. The Bertz CT molecular complexity index is 618. The number of nitro benzene ring substituents is 1. The van der Waals surface area contributed by atoms with E-state index in [1.54, 1.807) is 12.1 Å². The molecule has 1 aliphatic heterocycles. The minimum Gasteiger partial charge on any atom is -0.312 e. The molecule has 20 heavy (non-hydrogen) atoms. The lowest BCUT2D eigenvalue weighted by atomic mass is 10.1. The summed E-state index contributed by atoms with van der Waals surface area (Å²) >= 11 is 3.24. The molecule has 2 rings (SSSR count). The predicted molar refractivity (Wildman–Crippen MR) is 79.3 cm³/mol. The molecule has 0 aromatic heterocycles. The normalized spacial score (nSPS) is 20.9. The predicted octanol–water partition coefficient (Wildman–Crippen LogP) is 1.88. The molecule has 1 atom stereocenters. The summed E-state index contributed by atoms with van der Waals surface area (Å²) in [6.07, 6.45) is 0.686. The van der Waals surface area contributed by atoms with Gasteiger partial charge in [0.1, 0.15) is 0 Å². The van der Waals surface area contributed by atoms with E-state index in [1.807, 2.05) is 0 Å². The second kappa shape index (κ2) is 6.19. The van der Waals surface area contributed by atoms with Gasteiger partial charge in [-0.05, 0) is 40.4 Å². The highest BCUT2D eigenvalue weighted by atomic mass is 79.9. The maximum absolute atomic E-state index is 11.3. The van der Waals surface area contributed by atoms with Crippen LogP contribution < -0.4 is 5.32 Å². The van der Waals surface area contributed by atoms with Crippen molar-refractivity contribution in [2.45, 2.75) is 13.0 Å². The molecule has 0 aliphatic carbocycles. The fourth-order valence-electron chi connectivity index (χ4n) is 2.29. The molecule has 1 aromatic rings. The van der Waals surface area contributed by atoms with Crippen LogP contribution in [-0.2, 0) is 16.4 Å². The van der Waals surface area contributed by atoms with Gasteiger partial charge in [-0.15, -0.1) is 0 Å². The molecular formula is C12H15BrN2O4S. The molecule has 0 radical (unpaired) electrons. The third-order valence-corrected chi connectivity index (χ3v) is 6.08. The number of hydrogen-bond donors (Lipinski definition) is 1. The van der Waals surface area contributed by atoms with E-state index in [0.29, 0.717) is 24.0 Å². The van der Waals surface area contributed by atoms with Gasteiger partial charge in [0.05, 0.1) is 20.9 Å². The molecule has 8 heteroatoms. The lowest BCUT2D eigenvalue weighted by Crippen LogP contribution is -2.23. The van der Waals surface area contributed by atoms with Crippen LogP contribution in [0.3, 0.4) is 0 Å². The summed E-state index contributed by atoms with van der Waals surface area (Å²) < 4.78 is 23.1. The molecule has 0 amide bonds. The first kappa shape index (κ1) is 15.4. The van der Waals surface area contributed by atoms with Crippen molar-refractivity contribution in [3.63, 3.8) is 0 Å². The van der Waals surface area contributed by atoms with Crippen molar-refractivity contribution >= 4 is 31.5 Å². The Morgan fingerprint density at radius 3 is 2.80 bits per heavy atom. The number of benzene rings is 1. The largest absolute Gasteiger partial charge is 0.312 e. The maximum Gasteiger partial charge on any atom is 0.283 e. The number of halogens is 1. The van der Waals surface area contributed by atoms with Gasteiger partial charge in [-0.25, -0.2) is 8.42 Å². The van der Waals surface area contributed by atoms with Crippen LogP contribution in [0, 0.1) is 16.0 Å². The fraction of sp³-hybridized carbons (Fsp3) is 0.500. The smallest absolute Gasteiger partial charge is 0.283 e. The first-order chi connectivity index (χ1) is 9.39. The second-order valence-electron chi connectivity index (χ2n) is 4.91. The Balaban J connectivity index is 1.92. The van der Waals surface area contributed by atoms with Gasteiger partial charge in [0, 0.05) is 12.6 Å². The highest BCUT2D eigenvalue weighted by molar-refractivity contribution is 9.10. The highest BCUT2D eigenvalue weighted by Crippen LogP contribution is 2.28. The second-order valence-corrected chi connectivity index (χ2v) is 7.93. The van der Waals surface area contributed by atoms with Gasteiger partial charge in [-0.3, -0.25) is 10.1 Å². The summed E-state index contributed by atoms with van der Waals surface area (Å²) in [6.45, 7) is 1.08. The Kier molecular flexibility index (Phi) is 4.77. The third-order valence-electron chi connectivity index (χ3n) is 3.33. The van der Waals surface area contributed by atoms with Gasteiger partial charge in [0.2, 0.25) is 0 Å². The summed E-state index contributed by atoms with van der Waals surface area (Å²) in [5.41, 5.74) is 0.827. The third kappa shape index (κ3) is 3.77. The van der Waals surface area contributed by atoms with Crippen molar-refractivity contribution in [3.05, 3.63) is 38.3 Å². The summed E-state index contributed by atoms with van der Waals surface area (Å²) in [7, 11) is -2.86. The summed E-state index contributed by atoms with van der Waals surface area (Å²) in [5.74, 6) is 0.633. The first-order valence-electron chi connectivity index (χ1n) is 6.22. The quantitative estimate of drug-likeness (QED) is 0.637. The number of hydrogen-bond acceptors (Lipinski definition) is 5. The SMILES string of the molecule is O=[N+]([O-])c1cccc(CNCC2CCS(=O)(=O)C2)c1Br.